The fourth-order valence-corrected chi connectivity index (χ4v) is 2.11. The molecule has 0 bridgehead atoms. The van der Waals surface area contributed by atoms with Crippen LogP contribution in [-0.4, -0.2) is 30.9 Å². The van der Waals surface area contributed by atoms with Crippen molar-refractivity contribution < 1.29 is 19.4 Å². The van der Waals surface area contributed by atoms with Gasteiger partial charge in [-0.1, -0.05) is 28.1 Å². The lowest BCUT2D eigenvalue weighted by atomic mass is 10.2. The molecule has 0 aromatic heterocycles. The van der Waals surface area contributed by atoms with Crippen LogP contribution in [0.3, 0.4) is 0 Å². The van der Waals surface area contributed by atoms with Crippen molar-refractivity contribution >= 4 is 28.1 Å². The summed E-state index contributed by atoms with van der Waals surface area (Å²) >= 11 is 3.39. The van der Waals surface area contributed by atoms with Gasteiger partial charge in [-0.15, -0.1) is 0 Å². The van der Waals surface area contributed by atoms with Gasteiger partial charge in [0.2, 0.25) is 0 Å². The van der Waals surface area contributed by atoms with Gasteiger partial charge >= 0.3 is 0 Å². The summed E-state index contributed by atoms with van der Waals surface area (Å²) in [5, 5.41) is 12.4. The number of aliphatic hydroxyl groups is 1. The van der Waals surface area contributed by atoms with Crippen molar-refractivity contribution in [2.75, 3.05) is 13.7 Å². The summed E-state index contributed by atoms with van der Waals surface area (Å²) in [5.41, 5.74) is 3.94. The number of methoxy groups -OCH3 is 1. The number of rotatable bonds is 7. The first-order valence-electron chi connectivity index (χ1n) is 7.10. The first-order chi connectivity index (χ1) is 11.6. The van der Waals surface area contributed by atoms with Gasteiger partial charge in [0, 0.05) is 4.47 Å². The Balaban J connectivity index is 2.07. The van der Waals surface area contributed by atoms with Crippen molar-refractivity contribution in [3.63, 3.8) is 0 Å². The minimum Gasteiger partial charge on any atom is -0.493 e. The zero-order valence-electron chi connectivity index (χ0n) is 13.0. The van der Waals surface area contributed by atoms with Crippen LogP contribution in [0.15, 0.2) is 52.0 Å². The van der Waals surface area contributed by atoms with Crippen molar-refractivity contribution in [1.82, 2.24) is 5.43 Å². The molecule has 6 nitrogen and oxygen atoms in total. The normalized spacial score (nSPS) is 10.6. The van der Waals surface area contributed by atoms with Crippen LogP contribution in [0.5, 0.6) is 11.5 Å². The smallest absolute Gasteiger partial charge is 0.265 e. The Bertz CT molecular complexity index is 717. The first kappa shape index (κ1) is 18.0. The molecular weight excluding hydrogens is 376 g/mol. The van der Waals surface area contributed by atoms with Gasteiger partial charge in [0.1, 0.15) is 13.2 Å². The van der Waals surface area contributed by atoms with Crippen molar-refractivity contribution in [3.05, 3.63) is 58.1 Å². The number of amides is 1. The van der Waals surface area contributed by atoms with Crippen LogP contribution < -0.4 is 14.9 Å². The molecule has 0 aliphatic rings. The third-order valence-corrected chi connectivity index (χ3v) is 3.57. The number of carbonyl (C=O) groups is 1. The van der Waals surface area contributed by atoms with E-state index in [0.717, 1.165) is 15.6 Å². The lowest BCUT2D eigenvalue weighted by molar-refractivity contribution is -0.123. The summed E-state index contributed by atoms with van der Waals surface area (Å²) in [5.74, 6) is 0.591. The Morgan fingerprint density at radius 1 is 1.25 bits per heavy atom. The summed E-state index contributed by atoms with van der Waals surface area (Å²) in [6.07, 6.45) is 1.46. The summed E-state index contributed by atoms with van der Waals surface area (Å²) in [6.45, 7) is -0.215. The van der Waals surface area contributed by atoms with E-state index in [1.54, 1.807) is 25.3 Å². The molecule has 1 amide bonds. The molecule has 2 aromatic rings. The predicted molar refractivity (Wildman–Crippen MR) is 94.3 cm³/mol. The molecule has 2 rings (SSSR count). The molecule has 126 valence electrons. The minimum absolute atomic E-state index is 0.394. The molecule has 2 aromatic carbocycles. The lowest BCUT2D eigenvalue weighted by Gasteiger charge is -2.11. The summed E-state index contributed by atoms with van der Waals surface area (Å²) < 4.78 is 12.1. The molecule has 2 N–H and O–H groups in total. The molecule has 24 heavy (non-hydrogen) atoms. The first-order valence-corrected chi connectivity index (χ1v) is 7.89. The molecule has 0 atom stereocenters. The molecule has 0 radical (unpaired) electrons. The second kappa shape index (κ2) is 9.05. The summed E-state index contributed by atoms with van der Waals surface area (Å²) in [4.78, 5) is 10.9. The van der Waals surface area contributed by atoms with E-state index < -0.39 is 12.5 Å². The largest absolute Gasteiger partial charge is 0.493 e. The maximum absolute atomic E-state index is 10.9. The van der Waals surface area contributed by atoms with Gasteiger partial charge in [-0.05, 0) is 41.5 Å². The summed E-state index contributed by atoms with van der Waals surface area (Å²) in [7, 11) is 1.57. The van der Waals surface area contributed by atoms with Gasteiger partial charge in [-0.25, -0.2) is 5.43 Å². The monoisotopic (exact) mass is 392 g/mol. The van der Waals surface area contributed by atoms with E-state index in [1.807, 2.05) is 24.3 Å². The highest BCUT2D eigenvalue weighted by atomic mass is 79.9. The molecule has 0 fully saturated rings. The van der Waals surface area contributed by atoms with Crippen LogP contribution in [0.1, 0.15) is 11.1 Å². The predicted octanol–water partition coefficient (Wildman–Crippen LogP) is 2.48. The number of hydrogen-bond acceptors (Lipinski definition) is 5. The van der Waals surface area contributed by atoms with Crippen LogP contribution in [0, 0.1) is 0 Å². The van der Waals surface area contributed by atoms with Crippen LogP contribution >= 0.6 is 15.9 Å². The molecule has 0 aliphatic carbocycles. The van der Waals surface area contributed by atoms with E-state index >= 15 is 0 Å². The molecule has 0 spiro atoms. The molecule has 0 saturated carbocycles. The van der Waals surface area contributed by atoms with Crippen LogP contribution in [0.25, 0.3) is 0 Å². The van der Waals surface area contributed by atoms with Gasteiger partial charge in [0.05, 0.1) is 13.3 Å². The topological polar surface area (TPSA) is 80.2 Å². The third-order valence-electron chi connectivity index (χ3n) is 3.04. The van der Waals surface area contributed by atoms with Gasteiger partial charge in [-0.2, -0.15) is 5.10 Å². The SMILES string of the molecule is COc1ccc(/C=N\NC(=O)CO)cc1OCc1ccc(Br)cc1. The number of nitrogens with one attached hydrogen (secondary N) is 1. The van der Waals surface area contributed by atoms with Gasteiger partial charge in [-0.3, -0.25) is 4.79 Å². The molecular formula is C17H17BrN2O4. The van der Waals surface area contributed by atoms with E-state index in [4.69, 9.17) is 14.6 Å². The number of benzene rings is 2. The fraction of sp³-hybridized carbons (Fsp3) is 0.176. The van der Waals surface area contributed by atoms with Gasteiger partial charge in [0.15, 0.2) is 11.5 Å². The lowest BCUT2D eigenvalue weighted by Crippen LogP contribution is -2.20. The highest BCUT2D eigenvalue weighted by Crippen LogP contribution is 2.28. The number of hydrogen-bond donors (Lipinski definition) is 2. The quantitative estimate of drug-likeness (QED) is 0.560. The van der Waals surface area contributed by atoms with Gasteiger partial charge in [0.25, 0.3) is 5.91 Å². The fourth-order valence-electron chi connectivity index (χ4n) is 1.84. The summed E-state index contributed by atoms with van der Waals surface area (Å²) in [6, 6.07) is 13.1. The number of aliphatic hydroxyl groups excluding tert-OH is 1. The zero-order chi connectivity index (χ0) is 17.4. The molecule has 0 aliphatic heterocycles. The highest BCUT2D eigenvalue weighted by molar-refractivity contribution is 9.10. The standard InChI is InChI=1S/C17H17BrN2O4/c1-23-15-7-4-13(9-19-20-17(22)10-21)8-16(15)24-11-12-2-5-14(18)6-3-12/h2-9,21H,10-11H2,1H3,(H,20,22)/b19-9-. The Morgan fingerprint density at radius 2 is 2.00 bits per heavy atom. The second-order valence-electron chi connectivity index (χ2n) is 4.78. The molecule has 0 unspecified atom stereocenters. The van der Waals surface area contributed by atoms with Crippen molar-refractivity contribution in [2.45, 2.75) is 6.61 Å². The van der Waals surface area contributed by atoms with Crippen molar-refractivity contribution in [2.24, 2.45) is 5.10 Å². The average Bonchev–Trinajstić information content (AvgIpc) is 2.61. The van der Waals surface area contributed by atoms with Crippen molar-refractivity contribution in [1.29, 1.82) is 0 Å². The Kier molecular flexibility index (Phi) is 6.77. The molecule has 0 heterocycles. The number of halogens is 1. The van der Waals surface area contributed by atoms with Crippen LogP contribution in [-0.2, 0) is 11.4 Å². The number of hydrazone groups is 1. The average molecular weight is 393 g/mol. The number of ether oxygens (including phenoxy) is 2. The van der Waals surface area contributed by atoms with Gasteiger partial charge < -0.3 is 14.6 Å². The van der Waals surface area contributed by atoms with E-state index in [-0.39, 0.29) is 0 Å². The Hall–Kier alpha value is -2.38. The Morgan fingerprint density at radius 3 is 2.67 bits per heavy atom. The van der Waals surface area contributed by atoms with Crippen LogP contribution in [0.4, 0.5) is 0 Å². The zero-order valence-corrected chi connectivity index (χ0v) is 14.6. The maximum atomic E-state index is 10.9. The highest BCUT2D eigenvalue weighted by Gasteiger charge is 2.06. The number of carbonyl (C=O) groups excluding carboxylic acids is 1. The minimum atomic E-state index is -0.610. The van der Waals surface area contributed by atoms with E-state index in [1.165, 1.54) is 6.21 Å². The van der Waals surface area contributed by atoms with E-state index in [2.05, 4.69) is 26.5 Å². The molecule has 0 saturated heterocycles. The maximum Gasteiger partial charge on any atom is 0.265 e. The second-order valence-corrected chi connectivity index (χ2v) is 5.69. The third kappa shape index (κ3) is 5.36. The van der Waals surface area contributed by atoms with E-state index in [9.17, 15) is 4.79 Å². The Labute approximate surface area is 148 Å². The number of nitrogens with zero attached hydrogens (tertiary/aromatic N) is 1. The van der Waals surface area contributed by atoms with E-state index in [0.29, 0.717) is 18.1 Å². The van der Waals surface area contributed by atoms with Crippen LogP contribution in [0.2, 0.25) is 0 Å². The molecule has 7 heteroatoms. The van der Waals surface area contributed by atoms with Crippen molar-refractivity contribution in [3.8, 4) is 11.5 Å².